The number of nitrogens with zero attached hydrogens (tertiary/aromatic N) is 2. The molecule has 4 rings (SSSR count). The zero-order chi connectivity index (χ0) is 21.8. The first-order valence-corrected chi connectivity index (χ1v) is 11.0. The van der Waals surface area contributed by atoms with E-state index in [1.807, 2.05) is 30.3 Å². The number of benzene rings is 2. The van der Waals surface area contributed by atoms with E-state index < -0.39 is 5.97 Å². The van der Waals surface area contributed by atoms with Crippen molar-refractivity contribution in [3.8, 4) is 5.69 Å². The Bertz CT molecular complexity index is 1120. The Kier molecular flexibility index (Phi) is 6.49. The van der Waals surface area contributed by atoms with Crippen LogP contribution in [0.4, 0.5) is 0 Å². The number of para-hydroxylation sites is 1. The molecule has 0 saturated carbocycles. The van der Waals surface area contributed by atoms with E-state index >= 15 is 0 Å². The minimum atomic E-state index is -0.993. The van der Waals surface area contributed by atoms with Gasteiger partial charge in [0.05, 0.1) is 17.3 Å². The first-order chi connectivity index (χ1) is 15.1. The Hall–Kier alpha value is -2.96. The van der Waals surface area contributed by atoms with E-state index in [2.05, 4.69) is 17.1 Å². The molecule has 1 aliphatic heterocycles. The summed E-state index contributed by atoms with van der Waals surface area (Å²) in [6.07, 6.45) is 2.78. The van der Waals surface area contributed by atoms with Gasteiger partial charge in [0, 0.05) is 42.6 Å². The van der Waals surface area contributed by atoms with Gasteiger partial charge in [0.25, 0.3) is 5.56 Å². The van der Waals surface area contributed by atoms with Gasteiger partial charge in [-0.1, -0.05) is 56.2 Å². The zero-order valence-electron chi connectivity index (χ0n) is 17.9. The fraction of sp³-hybridized carbons (Fsp3) is 0.360. The molecule has 1 aromatic heterocycles. The fourth-order valence-corrected chi connectivity index (χ4v) is 4.62. The van der Waals surface area contributed by atoms with Crippen LogP contribution in [0.3, 0.4) is 0 Å². The Balaban J connectivity index is 2.08. The maximum atomic E-state index is 13.7. The number of carboxylic acids is 1. The molecule has 2 N–H and O–H groups in total. The van der Waals surface area contributed by atoms with Gasteiger partial charge in [-0.15, -0.1) is 0 Å². The lowest BCUT2D eigenvalue weighted by Crippen LogP contribution is -2.46. The van der Waals surface area contributed by atoms with Gasteiger partial charge in [0.1, 0.15) is 0 Å². The third kappa shape index (κ3) is 4.13. The Morgan fingerprint density at radius 2 is 1.68 bits per heavy atom. The molecule has 0 aliphatic carbocycles. The molecule has 1 unspecified atom stereocenters. The highest BCUT2D eigenvalue weighted by Gasteiger charge is 2.31. The molecule has 1 aliphatic rings. The standard InChI is InChI=1S/C25H29N3O3/c1-2-3-13-21(27-16-14-26-15-17-27)23-22(25(30)31)19-11-7-8-12-20(19)24(29)28(23)18-9-5-4-6-10-18/h4-12,21,26H,2-3,13-17H2,1H3,(H,30,31). The fourth-order valence-electron chi connectivity index (χ4n) is 4.62. The predicted octanol–water partition coefficient (Wildman–Crippen LogP) is 3.83. The maximum Gasteiger partial charge on any atom is 0.338 e. The van der Waals surface area contributed by atoms with E-state index in [4.69, 9.17) is 0 Å². The van der Waals surface area contributed by atoms with Crippen molar-refractivity contribution in [2.75, 3.05) is 26.2 Å². The monoisotopic (exact) mass is 419 g/mol. The summed E-state index contributed by atoms with van der Waals surface area (Å²) in [5.41, 5.74) is 1.36. The molecule has 0 bridgehead atoms. The molecule has 31 heavy (non-hydrogen) atoms. The molecule has 6 nitrogen and oxygen atoms in total. The van der Waals surface area contributed by atoms with Crippen LogP contribution in [0.15, 0.2) is 59.4 Å². The number of aromatic carboxylic acids is 1. The first kappa shape index (κ1) is 21.3. The highest BCUT2D eigenvalue weighted by molar-refractivity contribution is 6.04. The van der Waals surface area contributed by atoms with E-state index in [1.165, 1.54) is 0 Å². The number of unbranched alkanes of at least 4 members (excludes halogenated alkanes) is 1. The average molecular weight is 420 g/mol. The number of piperazine rings is 1. The second-order valence-electron chi connectivity index (χ2n) is 8.03. The van der Waals surface area contributed by atoms with Crippen LogP contribution in [-0.4, -0.2) is 46.7 Å². The van der Waals surface area contributed by atoms with Gasteiger partial charge in [-0.2, -0.15) is 0 Å². The number of aromatic nitrogens is 1. The number of rotatable bonds is 7. The van der Waals surface area contributed by atoms with Crippen LogP contribution in [0.5, 0.6) is 0 Å². The summed E-state index contributed by atoms with van der Waals surface area (Å²) in [6, 6.07) is 16.3. The van der Waals surface area contributed by atoms with Crippen LogP contribution in [0.25, 0.3) is 16.5 Å². The molecule has 1 fully saturated rings. The SMILES string of the molecule is CCCCC(c1c(C(=O)O)c2ccccc2c(=O)n1-c1ccccc1)N1CCNCC1. The van der Waals surface area contributed by atoms with Crippen LogP contribution in [0.1, 0.15) is 48.3 Å². The highest BCUT2D eigenvalue weighted by Crippen LogP contribution is 2.33. The van der Waals surface area contributed by atoms with E-state index in [0.29, 0.717) is 22.2 Å². The van der Waals surface area contributed by atoms with E-state index in [1.54, 1.807) is 28.8 Å². The summed E-state index contributed by atoms with van der Waals surface area (Å²) >= 11 is 0. The second-order valence-corrected chi connectivity index (χ2v) is 8.03. The van der Waals surface area contributed by atoms with Crippen molar-refractivity contribution < 1.29 is 9.90 Å². The molecule has 0 spiro atoms. The van der Waals surface area contributed by atoms with Crippen LogP contribution < -0.4 is 10.9 Å². The molecule has 2 aromatic carbocycles. The molecule has 0 radical (unpaired) electrons. The van der Waals surface area contributed by atoms with E-state index in [9.17, 15) is 14.7 Å². The smallest absolute Gasteiger partial charge is 0.338 e. The minimum absolute atomic E-state index is 0.148. The summed E-state index contributed by atoms with van der Waals surface area (Å²) in [7, 11) is 0. The predicted molar refractivity (Wildman–Crippen MR) is 123 cm³/mol. The molecule has 1 atom stereocenters. The van der Waals surface area contributed by atoms with Crippen LogP contribution in [0, 0.1) is 0 Å². The molecular formula is C25H29N3O3. The topological polar surface area (TPSA) is 74.6 Å². The number of carboxylic acid groups (broad SMARTS) is 1. The quantitative estimate of drug-likeness (QED) is 0.609. The molecular weight excluding hydrogens is 390 g/mol. The lowest BCUT2D eigenvalue weighted by molar-refractivity contribution is 0.0691. The largest absolute Gasteiger partial charge is 0.478 e. The Morgan fingerprint density at radius 3 is 2.32 bits per heavy atom. The van der Waals surface area contributed by atoms with E-state index in [0.717, 1.165) is 45.4 Å². The molecule has 2 heterocycles. The van der Waals surface area contributed by atoms with E-state index in [-0.39, 0.29) is 17.2 Å². The lowest BCUT2D eigenvalue weighted by atomic mass is 9.94. The van der Waals surface area contributed by atoms with Crippen molar-refractivity contribution in [1.82, 2.24) is 14.8 Å². The third-order valence-electron chi connectivity index (χ3n) is 6.09. The normalized spacial score (nSPS) is 15.8. The highest BCUT2D eigenvalue weighted by atomic mass is 16.4. The molecule has 162 valence electrons. The molecule has 0 amide bonds. The molecule has 3 aromatic rings. The van der Waals surface area contributed by atoms with Crippen molar-refractivity contribution in [1.29, 1.82) is 0 Å². The van der Waals surface area contributed by atoms with Gasteiger partial charge in [-0.3, -0.25) is 14.3 Å². The van der Waals surface area contributed by atoms with Gasteiger partial charge in [-0.25, -0.2) is 4.79 Å². The minimum Gasteiger partial charge on any atom is -0.478 e. The zero-order valence-corrected chi connectivity index (χ0v) is 17.9. The number of nitrogens with one attached hydrogen (secondary N) is 1. The number of fused-ring (bicyclic) bond motifs is 1. The number of hydrogen-bond acceptors (Lipinski definition) is 4. The summed E-state index contributed by atoms with van der Waals surface area (Å²) in [6.45, 7) is 5.49. The van der Waals surface area contributed by atoms with Gasteiger partial charge >= 0.3 is 5.97 Å². The molecule has 6 heteroatoms. The van der Waals surface area contributed by atoms with Crippen LogP contribution in [0.2, 0.25) is 0 Å². The van der Waals surface area contributed by atoms with Crippen molar-refractivity contribution in [2.24, 2.45) is 0 Å². The number of carbonyl (C=O) groups is 1. The summed E-state index contributed by atoms with van der Waals surface area (Å²) < 4.78 is 1.65. The third-order valence-corrected chi connectivity index (χ3v) is 6.09. The van der Waals surface area contributed by atoms with Gasteiger partial charge in [0.2, 0.25) is 0 Å². The number of hydrogen-bond donors (Lipinski definition) is 2. The summed E-state index contributed by atoms with van der Waals surface area (Å²) in [5, 5.41) is 14.7. The Labute approximate surface area is 182 Å². The van der Waals surface area contributed by atoms with Gasteiger partial charge < -0.3 is 10.4 Å². The van der Waals surface area contributed by atoms with Crippen molar-refractivity contribution in [3.63, 3.8) is 0 Å². The Morgan fingerprint density at radius 1 is 1.03 bits per heavy atom. The number of pyridine rings is 1. The van der Waals surface area contributed by atoms with Gasteiger partial charge in [-0.05, 0) is 24.6 Å². The summed E-state index contributed by atoms with van der Waals surface area (Å²) in [5.74, 6) is -0.993. The first-order valence-electron chi connectivity index (χ1n) is 11.0. The average Bonchev–Trinajstić information content (AvgIpc) is 2.80. The van der Waals surface area contributed by atoms with Crippen LogP contribution in [-0.2, 0) is 0 Å². The molecule has 1 saturated heterocycles. The van der Waals surface area contributed by atoms with Crippen molar-refractivity contribution >= 4 is 16.7 Å². The lowest BCUT2D eigenvalue weighted by Gasteiger charge is -2.37. The van der Waals surface area contributed by atoms with Gasteiger partial charge in [0.15, 0.2) is 0 Å². The van der Waals surface area contributed by atoms with Crippen molar-refractivity contribution in [3.05, 3.63) is 76.2 Å². The van der Waals surface area contributed by atoms with Crippen LogP contribution >= 0.6 is 0 Å². The second kappa shape index (κ2) is 9.45. The summed E-state index contributed by atoms with van der Waals surface area (Å²) in [4.78, 5) is 28.7. The van der Waals surface area contributed by atoms with Crippen molar-refractivity contribution in [2.45, 2.75) is 32.2 Å². The maximum absolute atomic E-state index is 13.7.